The van der Waals surface area contributed by atoms with Crippen LogP contribution in [0.1, 0.15) is 16.7 Å². The van der Waals surface area contributed by atoms with E-state index in [1.165, 1.54) is 9.87 Å². The van der Waals surface area contributed by atoms with Crippen LogP contribution in [-0.2, 0) is 33.6 Å². The molecule has 1 aliphatic rings. The third kappa shape index (κ3) is 7.44. The summed E-state index contributed by atoms with van der Waals surface area (Å²) in [4.78, 5) is 6.41. The summed E-state index contributed by atoms with van der Waals surface area (Å²) in [6.07, 6.45) is 0. The number of guanidine groups is 1. The lowest BCUT2D eigenvalue weighted by Gasteiger charge is -2.26. The van der Waals surface area contributed by atoms with Gasteiger partial charge in [0.25, 0.3) is 0 Å². The molecule has 170 valence electrons. The summed E-state index contributed by atoms with van der Waals surface area (Å²) >= 11 is 0. The van der Waals surface area contributed by atoms with Gasteiger partial charge in [0, 0.05) is 40.3 Å². The molecule has 1 fully saturated rings. The highest BCUT2D eigenvalue weighted by molar-refractivity contribution is 14.0. The van der Waals surface area contributed by atoms with Gasteiger partial charge in [0.1, 0.15) is 0 Å². The molecule has 9 heteroatoms. The zero-order valence-electron chi connectivity index (χ0n) is 18.0. The van der Waals surface area contributed by atoms with Crippen molar-refractivity contribution < 1.29 is 13.2 Å². The van der Waals surface area contributed by atoms with Crippen molar-refractivity contribution in [3.8, 4) is 0 Å². The van der Waals surface area contributed by atoms with Crippen LogP contribution in [0.2, 0.25) is 0 Å². The molecule has 0 amide bonds. The Morgan fingerprint density at radius 3 is 2.32 bits per heavy atom. The van der Waals surface area contributed by atoms with Crippen LogP contribution in [0.5, 0.6) is 0 Å². The molecule has 3 rings (SSSR count). The Morgan fingerprint density at radius 2 is 1.68 bits per heavy atom. The minimum atomic E-state index is -3.38. The van der Waals surface area contributed by atoms with Crippen LogP contribution in [0.15, 0.2) is 59.6 Å². The number of aliphatic imine (C=N–C) groups is 1. The number of rotatable bonds is 7. The molecule has 0 spiro atoms. The standard InChI is InChI=1S/C22H30N4O3S.HI/c1-23-22(25(2)17-19-8-4-3-5-9-19)24-16-20-10-6-7-11-21(20)18-30(27,28)26-12-14-29-15-13-26;/h3-11H,12-18H2,1-2H3,(H,23,24);1H. The van der Waals surface area contributed by atoms with E-state index >= 15 is 0 Å². The van der Waals surface area contributed by atoms with Crippen molar-refractivity contribution in [1.82, 2.24) is 14.5 Å². The number of benzene rings is 2. The van der Waals surface area contributed by atoms with Crippen molar-refractivity contribution >= 4 is 40.0 Å². The summed E-state index contributed by atoms with van der Waals surface area (Å²) in [6.45, 7) is 2.96. The van der Waals surface area contributed by atoms with Gasteiger partial charge in [-0.15, -0.1) is 24.0 Å². The quantitative estimate of drug-likeness (QED) is 0.322. The molecule has 1 saturated heterocycles. The maximum absolute atomic E-state index is 12.8. The van der Waals surface area contributed by atoms with Gasteiger partial charge in [-0.25, -0.2) is 8.42 Å². The Bertz CT molecular complexity index is 948. The molecule has 0 bridgehead atoms. The molecule has 0 aromatic heterocycles. The van der Waals surface area contributed by atoms with E-state index < -0.39 is 10.0 Å². The number of ether oxygens (including phenoxy) is 1. The highest BCUT2D eigenvalue weighted by Gasteiger charge is 2.25. The Balaban J connectivity index is 0.00000341. The van der Waals surface area contributed by atoms with E-state index in [0.717, 1.165) is 23.6 Å². The van der Waals surface area contributed by atoms with Gasteiger partial charge < -0.3 is 15.0 Å². The summed E-state index contributed by atoms with van der Waals surface area (Å²) in [7, 11) is 0.357. The molecule has 0 atom stereocenters. The number of morpholine rings is 1. The van der Waals surface area contributed by atoms with Crippen molar-refractivity contribution in [3.05, 3.63) is 71.3 Å². The first-order valence-electron chi connectivity index (χ1n) is 10.1. The number of nitrogens with one attached hydrogen (secondary N) is 1. The van der Waals surface area contributed by atoms with Crippen LogP contribution in [0.4, 0.5) is 0 Å². The topological polar surface area (TPSA) is 74.2 Å². The zero-order chi connectivity index (χ0) is 21.4. The Labute approximate surface area is 202 Å². The van der Waals surface area contributed by atoms with Gasteiger partial charge in [-0.2, -0.15) is 4.31 Å². The van der Waals surface area contributed by atoms with Gasteiger partial charge in [0.15, 0.2) is 5.96 Å². The van der Waals surface area contributed by atoms with Gasteiger partial charge in [-0.3, -0.25) is 4.99 Å². The van der Waals surface area contributed by atoms with Crippen LogP contribution in [0, 0.1) is 0 Å². The van der Waals surface area contributed by atoms with Gasteiger partial charge in [-0.05, 0) is 16.7 Å². The first-order valence-corrected chi connectivity index (χ1v) is 11.7. The van der Waals surface area contributed by atoms with Crippen molar-refractivity contribution in [2.24, 2.45) is 4.99 Å². The van der Waals surface area contributed by atoms with Crippen LogP contribution in [-0.4, -0.2) is 64.0 Å². The predicted molar refractivity (Wildman–Crippen MR) is 135 cm³/mol. The fourth-order valence-electron chi connectivity index (χ4n) is 3.47. The van der Waals surface area contributed by atoms with E-state index in [-0.39, 0.29) is 29.7 Å². The van der Waals surface area contributed by atoms with Crippen molar-refractivity contribution in [2.45, 2.75) is 18.8 Å². The number of nitrogens with zero attached hydrogens (tertiary/aromatic N) is 3. The van der Waals surface area contributed by atoms with Gasteiger partial charge >= 0.3 is 0 Å². The highest BCUT2D eigenvalue weighted by Crippen LogP contribution is 2.17. The molecule has 0 unspecified atom stereocenters. The van der Waals surface area contributed by atoms with E-state index in [9.17, 15) is 8.42 Å². The van der Waals surface area contributed by atoms with Crippen LogP contribution in [0.25, 0.3) is 0 Å². The molecule has 31 heavy (non-hydrogen) atoms. The van der Waals surface area contributed by atoms with Crippen LogP contribution >= 0.6 is 24.0 Å². The number of halogens is 1. The summed E-state index contributed by atoms with van der Waals surface area (Å²) < 4.78 is 32.5. The molecule has 1 heterocycles. The summed E-state index contributed by atoms with van der Waals surface area (Å²) in [5.41, 5.74) is 2.95. The third-order valence-corrected chi connectivity index (χ3v) is 6.92. The van der Waals surface area contributed by atoms with Gasteiger partial charge in [0.05, 0.1) is 19.0 Å². The van der Waals surface area contributed by atoms with E-state index in [1.54, 1.807) is 7.05 Å². The summed E-state index contributed by atoms with van der Waals surface area (Å²) in [5.74, 6) is 0.744. The van der Waals surface area contributed by atoms with E-state index in [4.69, 9.17) is 4.74 Å². The lowest BCUT2D eigenvalue weighted by Crippen LogP contribution is -2.41. The Hall–Kier alpha value is -1.69. The van der Waals surface area contributed by atoms with Crippen LogP contribution in [0.3, 0.4) is 0 Å². The SMILES string of the molecule is CN=C(NCc1ccccc1CS(=O)(=O)N1CCOCC1)N(C)Cc1ccccc1.I. The monoisotopic (exact) mass is 558 g/mol. The zero-order valence-corrected chi connectivity index (χ0v) is 21.2. The first kappa shape index (κ1) is 25.6. The minimum Gasteiger partial charge on any atom is -0.379 e. The van der Waals surface area contributed by atoms with E-state index in [2.05, 4.69) is 22.4 Å². The minimum absolute atomic E-state index is 0. The van der Waals surface area contributed by atoms with Gasteiger partial charge in [0.2, 0.25) is 10.0 Å². The molecule has 0 aliphatic carbocycles. The predicted octanol–water partition coefficient (Wildman–Crippen LogP) is 2.67. The molecule has 2 aromatic carbocycles. The second-order valence-electron chi connectivity index (χ2n) is 7.28. The van der Waals surface area contributed by atoms with E-state index in [0.29, 0.717) is 32.8 Å². The molecule has 7 nitrogen and oxygen atoms in total. The number of hydrogen-bond acceptors (Lipinski definition) is 4. The smallest absolute Gasteiger partial charge is 0.218 e. The molecular weight excluding hydrogens is 527 g/mol. The summed E-state index contributed by atoms with van der Waals surface area (Å²) in [5, 5.41) is 3.36. The Kier molecular flexibility index (Phi) is 10.2. The van der Waals surface area contributed by atoms with Crippen molar-refractivity contribution in [1.29, 1.82) is 0 Å². The maximum Gasteiger partial charge on any atom is 0.218 e. The lowest BCUT2D eigenvalue weighted by atomic mass is 10.1. The van der Waals surface area contributed by atoms with Crippen LogP contribution < -0.4 is 5.32 Å². The molecular formula is C22H31IN4O3S. The molecule has 0 saturated carbocycles. The third-order valence-electron chi connectivity index (χ3n) is 5.09. The van der Waals surface area contributed by atoms with Crippen molar-refractivity contribution in [3.63, 3.8) is 0 Å². The number of hydrogen-bond donors (Lipinski definition) is 1. The number of sulfonamides is 1. The average Bonchev–Trinajstić information content (AvgIpc) is 2.76. The highest BCUT2D eigenvalue weighted by atomic mass is 127. The Morgan fingerprint density at radius 1 is 1.06 bits per heavy atom. The van der Waals surface area contributed by atoms with Gasteiger partial charge in [-0.1, -0.05) is 54.6 Å². The second kappa shape index (κ2) is 12.4. The largest absolute Gasteiger partial charge is 0.379 e. The molecule has 2 aromatic rings. The first-order chi connectivity index (χ1) is 14.5. The van der Waals surface area contributed by atoms with Crippen molar-refractivity contribution in [2.75, 3.05) is 40.4 Å². The van der Waals surface area contributed by atoms with E-state index in [1.807, 2.05) is 54.4 Å². The normalized spacial score (nSPS) is 15.2. The fourth-order valence-corrected chi connectivity index (χ4v) is 5.04. The molecule has 0 radical (unpaired) electrons. The fraction of sp³-hybridized carbons (Fsp3) is 0.409. The summed E-state index contributed by atoms with van der Waals surface area (Å²) in [6, 6.07) is 17.8. The second-order valence-corrected chi connectivity index (χ2v) is 9.25. The molecule has 1 aliphatic heterocycles. The lowest BCUT2D eigenvalue weighted by molar-refractivity contribution is 0.0729. The molecule has 1 N–H and O–H groups in total. The average molecular weight is 558 g/mol. The maximum atomic E-state index is 12.8.